The molecule has 0 unspecified atom stereocenters. The Morgan fingerprint density at radius 3 is 2.73 bits per heavy atom. The molecule has 204 valence electrons. The zero-order valence-corrected chi connectivity index (χ0v) is 23.5. The molecule has 0 spiro atoms. The van der Waals surface area contributed by atoms with Gasteiger partial charge in [-0.15, -0.1) is 0 Å². The summed E-state index contributed by atoms with van der Waals surface area (Å²) in [6.45, 7) is 9.99. The minimum Gasteiger partial charge on any atom is -0.393 e. The Bertz CT molecular complexity index is 1040. The van der Waals surface area contributed by atoms with Crippen LogP contribution in [0.5, 0.6) is 0 Å². The quantitative estimate of drug-likeness (QED) is 0.548. The van der Waals surface area contributed by atoms with Crippen LogP contribution in [0.4, 0.5) is 5.69 Å². The minimum atomic E-state index is -0.258. The van der Waals surface area contributed by atoms with Crippen LogP contribution in [0.25, 0.3) is 0 Å². The van der Waals surface area contributed by atoms with Gasteiger partial charge < -0.3 is 15.1 Å². The molecule has 0 bridgehead atoms. The van der Waals surface area contributed by atoms with Crippen LogP contribution in [-0.2, 0) is 11.2 Å². The summed E-state index contributed by atoms with van der Waals surface area (Å²) in [6, 6.07) is 4.07. The fraction of sp³-hybridized carbons (Fsp3) is 0.812. The first-order valence-corrected chi connectivity index (χ1v) is 15.3. The van der Waals surface area contributed by atoms with Crippen molar-refractivity contribution in [1.29, 1.82) is 0 Å². The van der Waals surface area contributed by atoms with Gasteiger partial charge in [-0.3, -0.25) is 9.78 Å². The highest BCUT2D eigenvalue weighted by molar-refractivity contribution is 5.95. The zero-order valence-electron chi connectivity index (χ0n) is 23.5. The first-order valence-electron chi connectivity index (χ1n) is 15.3. The van der Waals surface area contributed by atoms with E-state index in [1.807, 2.05) is 17.9 Å². The number of aliphatic hydroxyl groups is 2. The molecule has 1 aliphatic heterocycles. The summed E-state index contributed by atoms with van der Waals surface area (Å²) >= 11 is 0. The average Bonchev–Trinajstić information content (AvgIpc) is 3.45. The third-order valence-corrected chi connectivity index (χ3v) is 12.6. The van der Waals surface area contributed by atoms with Gasteiger partial charge in [-0.25, -0.2) is 0 Å². The van der Waals surface area contributed by atoms with E-state index in [4.69, 9.17) is 0 Å². The van der Waals surface area contributed by atoms with Gasteiger partial charge in [0.25, 0.3) is 0 Å². The van der Waals surface area contributed by atoms with Gasteiger partial charge in [0.05, 0.1) is 23.6 Å². The van der Waals surface area contributed by atoms with E-state index in [1.165, 1.54) is 25.7 Å². The molecule has 10 atom stereocenters. The number of carbonyl (C=O) groups excluding carboxylic acids is 1. The van der Waals surface area contributed by atoms with Crippen molar-refractivity contribution >= 4 is 11.6 Å². The van der Waals surface area contributed by atoms with E-state index in [1.54, 1.807) is 0 Å². The lowest BCUT2D eigenvalue weighted by atomic mass is 9.43. The molecular weight excluding hydrogens is 460 g/mol. The number of anilines is 1. The lowest BCUT2D eigenvalue weighted by molar-refractivity contribution is -0.174. The number of nitrogens with zero attached hydrogens (tertiary/aromatic N) is 2. The predicted molar refractivity (Wildman–Crippen MR) is 146 cm³/mol. The summed E-state index contributed by atoms with van der Waals surface area (Å²) < 4.78 is 0. The van der Waals surface area contributed by atoms with Crippen LogP contribution in [0, 0.1) is 53.3 Å². The topological polar surface area (TPSA) is 73.7 Å². The Labute approximate surface area is 223 Å². The van der Waals surface area contributed by atoms with Crippen LogP contribution in [0.2, 0.25) is 0 Å². The van der Waals surface area contributed by atoms with Crippen LogP contribution in [0.15, 0.2) is 12.1 Å². The summed E-state index contributed by atoms with van der Waals surface area (Å²) in [7, 11) is 0. The molecule has 4 saturated carbocycles. The Morgan fingerprint density at radius 2 is 1.92 bits per heavy atom. The van der Waals surface area contributed by atoms with Crippen molar-refractivity contribution in [1.82, 2.24) is 4.98 Å². The monoisotopic (exact) mass is 508 g/mol. The Balaban J connectivity index is 1.13. The highest BCUT2D eigenvalue weighted by Gasteiger charge is 2.63. The molecule has 0 radical (unpaired) electrons. The third-order valence-electron chi connectivity index (χ3n) is 12.6. The smallest absolute Gasteiger partial charge is 0.227 e. The van der Waals surface area contributed by atoms with Crippen molar-refractivity contribution in [2.45, 2.75) is 111 Å². The molecule has 5 nitrogen and oxygen atoms in total. The van der Waals surface area contributed by atoms with Crippen molar-refractivity contribution in [3.05, 3.63) is 23.5 Å². The van der Waals surface area contributed by atoms with Crippen LogP contribution >= 0.6 is 0 Å². The number of hydrogen-bond donors (Lipinski definition) is 2. The first-order chi connectivity index (χ1) is 17.6. The molecule has 4 aliphatic carbocycles. The highest BCUT2D eigenvalue weighted by atomic mass is 16.3. The number of rotatable bonds is 4. The molecular formula is C32H48N2O3. The maximum Gasteiger partial charge on any atom is 0.227 e. The van der Waals surface area contributed by atoms with Crippen molar-refractivity contribution in [3.63, 3.8) is 0 Å². The second-order valence-corrected chi connectivity index (χ2v) is 14.1. The molecule has 1 aromatic rings. The fourth-order valence-corrected chi connectivity index (χ4v) is 10.5. The second kappa shape index (κ2) is 9.33. The lowest BCUT2D eigenvalue weighted by Gasteiger charge is -2.62. The van der Waals surface area contributed by atoms with Crippen molar-refractivity contribution in [2.24, 2.45) is 46.3 Å². The molecule has 1 aromatic heterocycles. The minimum absolute atomic E-state index is 0.0390. The van der Waals surface area contributed by atoms with Gasteiger partial charge in [0, 0.05) is 25.1 Å². The Morgan fingerprint density at radius 1 is 1.11 bits per heavy atom. The van der Waals surface area contributed by atoms with Gasteiger partial charge in [0.1, 0.15) is 0 Å². The SMILES string of the molecule is Cc1ccc2c(n1)CCN2C(=O)CC[C@@H](C)[C@H]1CC[C@H]2[C@@H]3CC[C@@H]4C[C@H](O)CC[C@]4(C)[C@H]3C[C@H](O)[C@]12C. The molecule has 0 aromatic carbocycles. The van der Waals surface area contributed by atoms with E-state index in [-0.39, 0.29) is 28.9 Å². The van der Waals surface area contributed by atoms with Crippen molar-refractivity contribution in [3.8, 4) is 0 Å². The predicted octanol–water partition coefficient (Wildman–Crippen LogP) is 5.69. The molecule has 37 heavy (non-hydrogen) atoms. The largest absolute Gasteiger partial charge is 0.393 e. The number of hydrogen-bond acceptors (Lipinski definition) is 4. The van der Waals surface area contributed by atoms with Gasteiger partial charge in [-0.05, 0) is 123 Å². The van der Waals surface area contributed by atoms with Crippen molar-refractivity contribution < 1.29 is 15.0 Å². The molecule has 2 N–H and O–H groups in total. The Kier molecular flexibility index (Phi) is 6.50. The summed E-state index contributed by atoms with van der Waals surface area (Å²) in [6.07, 6.45) is 10.8. The summed E-state index contributed by atoms with van der Waals surface area (Å²) in [5.41, 5.74) is 3.32. The van der Waals surface area contributed by atoms with Gasteiger partial charge in [-0.2, -0.15) is 0 Å². The van der Waals surface area contributed by atoms with Crippen LogP contribution in [-0.4, -0.2) is 39.9 Å². The second-order valence-electron chi connectivity index (χ2n) is 14.1. The first kappa shape index (κ1) is 25.8. The van der Waals surface area contributed by atoms with Gasteiger partial charge in [-0.1, -0.05) is 20.8 Å². The summed E-state index contributed by atoms with van der Waals surface area (Å²) in [5.74, 6) is 3.65. The molecule has 1 amide bonds. The van der Waals surface area contributed by atoms with E-state index in [9.17, 15) is 15.0 Å². The van der Waals surface area contributed by atoms with Gasteiger partial charge in [0.15, 0.2) is 0 Å². The highest BCUT2D eigenvalue weighted by Crippen LogP contribution is 2.68. The van der Waals surface area contributed by atoms with Crippen LogP contribution < -0.4 is 4.90 Å². The summed E-state index contributed by atoms with van der Waals surface area (Å²) in [4.78, 5) is 19.8. The van der Waals surface area contributed by atoms with Crippen LogP contribution in [0.1, 0.15) is 96.4 Å². The number of pyridine rings is 1. The molecule has 5 heteroatoms. The van der Waals surface area contributed by atoms with E-state index in [0.29, 0.717) is 41.9 Å². The molecule has 5 aliphatic rings. The maximum atomic E-state index is 13.3. The number of aliphatic hydroxyl groups excluding tert-OH is 2. The molecule has 4 fully saturated rings. The van der Waals surface area contributed by atoms with Crippen molar-refractivity contribution in [2.75, 3.05) is 11.4 Å². The zero-order chi connectivity index (χ0) is 26.1. The van der Waals surface area contributed by atoms with E-state index in [2.05, 4.69) is 31.8 Å². The lowest BCUT2D eigenvalue weighted by Crippen LogP contribution is -2.58. The number of amides is 1. The van der Waals surface area contributed by atoms with Crippen LogP contribution in [0.3, 0.4) is 0 Å². The average molecular weight is 509 g/mol. The van der Waals surface area contributed by atoms with E-state index >= 15 is 0 Å². The molecule has 0 saturated heterocycles. The molecule has 6 rings (SSSR count). The molecule has 2 heterocycles. The maximum absolute atomic E-state index is 13.3. The number of aromatic nitrogens is 1. The normalized spacial score (nSPS) is 43.5. The fourth-order valence-electron chi connectivity index (χ4n) is 10.5. The van der Waals surface area contributed by atoms with E-state index < -0.39 is 0 Å². The number of fused-ring (bicyclic) bond motifs is 6. The van der Waals surface area contributed by atoms with Gasteiger partial charge >= 0.3 is 0 Å². The van der Waals surface area contributed by atoms with E-state index in [0.717, 1.165) is 62.1 Å². The van der Waals surface area contributed by atoms with Gasteiger partial charge in [0.2, 0.25) is 5.91 Å². The number of carbonyl (C=O) groups is 1. The summed E-state index contributed by atoms with van der Waals surface area (Å²) in [5, 5.41) is 22.1. The standard InChI is InChI=1S/C32H48N2O3/c1-19(5-12-30(37)34-16-14-27-28(34)11-6-20(2)33-27)24-9-10-25-23-8-7-21-17-22(35)13-15-31(21,3)26(23)18-29(36)32(24,25)4/h6,11,19,21-26,29,35-36H,5,7-10,12-18H2,1-4H3/t19-,21-,22-,23+,24-,25+,26+,29+,31+,32-/m1/s1. The third kappa shape index (κ3) is 4.01. The Hall–Kier alpha value is -1.46. The number of aryl methyl sites for hydroxylation is 1.